The van der Waals surface area contributed by atoms with E-state index in [0.29, 0.717) is 49.4 Å². The van der Waals surface area contributed by atoms with Gasteiger partial charge in [-0.05, 0) is 94.2 Å². The zero-order valence-corrected chi connectivity index (χ0v) is 41.9. The third-order valence-electron chi connectivity index (χ3n) is 11.9. The van der Waals surface area contributed by atoms with Gasteiger partial charge in [0.05, 0.1) is 6.04 Å². The van der Waals surface area contributed by atoms with Crippen molar-refractivity contribution in [1.29, 1.82) is 0 Å². The molecule has 3 rings (SSSR count). The van der Waals surface area contributed by atoms with E-state index < -0.39 is 63.8 Å². The molecular weight excluding hydrogens is 873 g/mol. The zero-order chi connectivity index (χ0) is 48.4. The summed E-state index contributed by atoms with van der Waals surface area (Å²) in [5.41, 5.74) is 0.889. The number of ether oxygens (including phenoxy) is 2. The molecule has 0 aliphatic carbocycles. The molecule has 0 spiro atoms. The summed E-state index contributed by atoms with van der Waals surface area (Å²) < 4.78 is 23.7. The average Bonchev–Trinajstić information content (AvgIpc) is 3.74. The predicted octanol–water partition coefficient (Wildman–Crippen LogP) is 5.16. The van der Waals surface area contributed by atoms with Gasteiger partial charge in [-0.2, -0.15) is 0 Å². The minimum atomic E-state index is -2.21. The maximum atomic E-state index is 14.8. The number of likely N-dealkylation sites (tertiary alicyclic amines) is 1. The number of likely N-dealkylation sites (N-methyl/N-ethyl adjacent to an activating group) is 1. The number of carbonyl (C=O) groups is 6. The molecule has 7 atom stereocenters. The van der Waals surface area contributed by atoms with E-state index in [9.17, 15) is 38.1 Å². The quantitative estimate of drug-likeness (QED) is 0.0358. The average molecular weight is 949 g/mol. The van der Waals surface area contributed by atoms with Crippen LogP contribution < -0.4 is 16.0 Å². The first-order valence-corrected chi connectivity index (χ1v) is 26.8. The van der Waals surface area contributed by atoms with Crippen molar-refractivity contribution in [1.82, 2.24) is 30.7 Å². The van der Waals surface area contributed by atoms with Crippen LogP contribution in [0.2, 0.25) is 0 Å². The van der Waals surface area contributed by atoms with E-state index in [2.05, 4.69) is 20.9 Å². The number of rotatable bonds is 26. The number of aromatic hydroxyl groups is 1. The summed E-state index contributed by atoms with van der Waals surface area (Å²) in [6, 6.07) is 4.08. The first-order chi connectivity index (χ1) is 30.6. The number of thiazole rings is 1. The summed E-state index contributed by atoms with van der Waals surface area (Å²) in [4.78, 5) is 89.2. The fraction of sp³-hybridized carbons (Fsp3) is 0.681. The number of amides is 4. The van der Waals surface area contributed by atoms with Gasteiger partial charge in [-0.1, -0.05) is 66.5 Å². The Morgan fingerprint density at radius 2 is 1.71 bits per heavy atom. The monoisotopic (exact) mass is 949 g/mol. The van der Waals surface area contributed by atoms with Crippen LogP contribution in [0.15, 0.2) is 29.6 Å². The third-order valence-corrected chi connectivity index (χ3v) is 14.3. The molecule has 1 aromatic carbocycles. The van der Waals surface area contributed by atoms with Gasteiger partial charge in [0.15, 0.2) is 12.8 Å². The number of hydrogen-bond donors (Lipinski definition) is 5. The van der Waals surface area contributed by atoms with Gasteiger partial charge in [-0.15, -0.1) is 21.3 Å². The molecule has 4 N–H and O–H groups in total. The van der Waals surface area contributed by atoms with E-state index in [1.807, 2.05) is 46.6 Å². The molecule has 0 bridgehead atoms. The topological polar surface area (TPSA) is 214 Å². The number of nitrogens with one attached hydrogen (secondary N) is 3. The Morgan fingerprint density at radius 1 is 1.02 bits per heavy atom. The lowest BCUT2D eigenvalue weighted by Gasteiger charge is -2.39. The first kappa shape index (κ1) is 54.9. The Kier molecular flexibility index (Phi) is 22.5. The Labute approximate surface area is 391 Å². The summed E-state index contributed by atoms with van der Waals surface area (Å²) in [5, 5.41) is 20.8. The zero-order valence-electron chi connectivity index (χ0n) is 40.2. The number of carbonyl (C=O) groups excluding carboxylic acids is 6. The third kappa shape index (κ3) is 18.4. The fourth-order valence-corrected chi connectivity index (χ4v) is 9.68. The van der Waals surface area contributed by atoms with Crippen molar-refractivity contribution in [2.24, 2.45) is 17.8 Å². The SMILES string of the molecule is CCCC(=O)OCN(C(=O)[C@@H](NC(=O)[C@H]1CCCCN1C)[C@@H](C)CC)C(C[C@@H](OC(C)=O)c1nc(C(=O)N[C@@H](Cc2ccc(O)cc2)C[C@H](C)C(=O)NCCC[SH](C)(C)=O)cs1)C(C)C. The fourth-order valence-electron chi connectivity index (χ4n) is 7.92. The number of piperidine rings is 1. The molecule has 2 aromatic rings. The van der Waals surface area contributed by atoms with Crippen LogP contribution in [0.25, 0.3) is 0 Å². The molecule has 0 radical (unpaired) electrons. The largest absolute Gasteiger partial charge is 0.508 e. The van der Waals surface area contributed by atoms with E-state index >= 15 is 0 Å². The maximum Gasteiger partial charge on any atom is 0.307 e. The number of aromatic nitrogens is 1. The summed E-state index contributed by atoms with van der Waals surface area (Å²) in [5.74, 6) is -2.86. The van der Waals surface area contributed by atoms with Crippen molar-refractivity contribution in [3.63, 3.8) is 0 Å². The Bertz CT molecular complexity index is 1920. The van der Waals surface area contributed by atoms with Gasteiger partial charge in [0.1, 0.15) is 22.5 Å². The second kappa shape index (κ2) is 26.7. The first-order valence-electron chi connectivity index (χ1n) is 23.1. The van der Waals surface area contributed by atoms with Crippen LogP contribution in [-0.4, -0.2) is 129 Å². The van der Waals surface area contributed by atoms with Gasteiger partial charge in [-0.3, -0.25) is 37.9 Å². The molecule has 1 fully saturated rings. The predicted molar refractivity (Wildman–Crippen MR) is 255 cm³/mol. The number of nitrogens with zero attached hydrogens (tertiary/aromatic N) is 3. The van der Waals surface area contributed by atoms with Crippen LogP contribution in [-0.2, 0) is 49.8 Å². The molecule has 16 nitrogen and oxygen atoms in total. The summed E-state index contributed by atoms with van der Waals surface area (Å²) in [6.45, 7) is 13.3. The molecule has 18 heteroatoms. The Balaban J connectivity index is 1.92. The second-order valence-electron chi connectivity index (χ2n) is 18.4. The Hall–Kier alpha value is -4.42. The van der Waals surface area contributed by atoms with Crippen molar-refractivity contribution in [3.8, 4) is 5.75 Å². The molecule has 0 saturated carbocycles. The maximum absolute atomic E-state index is 14.8. The van der Waals surface area contributed by atoms with Gasteiger partial charge in [0, 0.05) is 55.4 Å². The summed E-state index contributed by atoms with van der Waals surface area (Å²) in [6.07, 6.45) is 7.54. The normalized spacial score (nSPS) is 17.4. The van der Waals surface area contributed by atoms with Crippen molar-refractivity contribution in [2.45, 2.75) is 143 Å². The molecule has 1 aliphatic rings. The standard InChI is InChI=1S/C47H76N6O10S2/c1-11-16-41(56)62-29-53(47(60)42(31(5)12-2)51-45(59)38-17-13-14-23-52(38)8)39(30(3)4)27-40(63-33(7)54)46-50-37(28-64-46)44(58)49-35(26-34-18-20-36(55)21-19-34)25-32(6)43(57)48-22-15-24-65(9,10)61/h18-21,28,30-32,35,38-40,42,55,65H,11-17,22-27,29H2,1-10H3,(H,48,57)(H,49,58)(H,51,59)/t31-,32-,35+,38+,39?,40+,42-/m0/s1. The van der Waals surface area contributed by atoms with Gasteiger partial charge >= 0.3 is 11.9 Å². The number of thiol groups is 1. The minimum Gasteiger partial charge on any atom is -0.508 e. The molecular formula is C47H76N6O10S2. The molecule has 1 saturated heterocycles. The number of phenolic OH excluding ortho intramolecular Hbond substituents is 1. The van der Waals surface area contributed by atoms with Crippen molar-refractivity contribution in [2.75, 3.05) is 45.1 Å². The van der Waals surface area contributed by atoms with E-state index in [1.54, 1.807) is 49.1 Å². The molecule has 366 valence electrons. The van der Waals surface area contributed by atoms with E-state index in [-0.39, 0.29) is 67.1 Å². The number of esters is 2. The molecule has 1 aliphatic heterocycles. The van der Waals surface area contributed by atoms with Crippen LogP contribution >= 0.6 is 11.3 Å². The van der Waals surface area contributed by atoms with Gasteiger partial charge in [0.25, 0.3) is 5.91 Å². The smallest absolute Gasteiger partial charge is 0.307 e. The minimum absolute atomic E-state index is 0.0413. The highest BCUT2D eigenvalue weighted by atomic mass is 32.2. The molecule has 1 aromatic heterocycles. The van der Waals surface area contributed by atoms with E-state index in [4.69, 9.17) is 9.47 Å². The van der Waals surface area contributed by atoms with Crippen molar-refractivity contribution >= 4 is 56.8 Å². The van der Waals surface area contributed by atoms with Gasteiger partial charge in [-0.25, -0.2) is 4.98 Å². The lowest BCUT2D eigenvalue weighted by molar-refractivity contribution is -0.160. The van der Waals surface area contributed by atoms with Crippen molar-refractivity contribution in [3.05, 3.63) is 45.9 Å². The van der Waals surface area contributed by atoms with Crippen LogP contribution in [0.5, 0.6) is 5.75 Å². The van der Waals surface area contributed by atoms with Gasteiger partial charge in [0.2, 0.25) is 17.7 Å². The highest BCUT2D eigenvalue weighted by Gasteiger charge is 2.39. The van der Waals surface area contributed by atoms with E-state index in [0.717, 1.165) is 36.3 Å². The number of hydrogen-bond acceptors (Lipinski definition) is 13. The van der Waals surface area contributed by atoms with Crippen molar-refractivity contribution < 1.29 is 47.6 Å². The molecule has 65 heavy (non-hydrogen) atoms. The molecule has 1 unspecified atom stereocenters. The van der Waals surface area contributed by atoms with Crippen LogP contribution in [0.4, 0.5) is 0 Å². The van der Waals surface area contributed by atoms with Crippen LogP contribution in [0, 0.1) is 17.8 Å². The number of phenols is 1. The highest BCUT2D eigenvalue weighted by Crippen LogP contribution is 2.32. The summed E-state index contributed by atoms with van der Waals surface area (Å²) in [7, 11) is -0.306. The lowest BCUT2D eigenvalue weighted by atomic mass is 9.92. The van der Waals surface area contributed by atoms with Crippen LogP contribution in [0.1, 0.15) is 133 Å². The molecule has 4 amide bonds. The van der Waals surface area contributed by atoms with E-state index in [1.165, 1.54) is 11.8 Å². The highest BCUT2D eigenvalue weighted by molar-refractivity contribution is 8.01. The van der Waals surface area contributed by atoms with Crippen LogP contribution in [0.3, 0.4) is 0 Å². The number of benzene rings is 1. The second-order valence-corrected chi connectivity index (χ2v) is 22.9. The van der Waals surface area contributed by atoms with Gasteiger partial charge < -0.3 is 35.4 Å². The lowest BCUT2D eigenvalue weighted by Crippen LogP contribution is -2.59. The Morgan fingerprint density at radius 3 is 2.31 bits per heavy atom. The summed E-state index contributed by atoms with van der Waals surface area (Å²) >= 11 is 1.12. The molecule has 2 heterocycles.